The quantitative estimate of drug-likeness (QED) is 0.515. The predicted molar refractivity (Wildman–Crippen MR) is 72.2 cm³/mol. The monoisotopic (exact) mass is 263 g/mol. The molecule has 2 heterocycles. The number of hydrogen-bond acceptors (Lipinski definition) is 5. The normalized spacial score (nSPS) is 22.2. The summed E-state index contributed by atoms with van der Waals surface area (Å²) in [5.74, 6) is -0.130. The van der Waals surface area contributed by atoms with Crippen molar-refractivity contribution in [1.82, 2.24) is 20.0 Å². The molecule has 0 unspecified atom stereocenters. The van der Waals surface area contributed by atoms with Crippen LogP contribution in [0, 0.1) is 11.3 Å². The van der Waals surface area contributed by atoms with E-state index in [-0.39, 0.29) is 11.5 Å². The van der Waals surface area contributed by atoms with E-state index >= 15 is 0 Å². The summed E-state index contributed by atoms with van der Waals surface area (Å²) in [6.45, 7) is 6.65. The first-order chi connectivity index (χ1) is 9.20. The Labute approximate surface area is 114 Å². The summed E-state index contributed by atoms with van der Waals surface area (Å²) in [5.41, 5.74) is 0.256. The fourth-order valence-electron chi connectivity index (χ4n) is 2.31. The predicted octanol–water partition coefficient (Wildman–Crippen LogP) is -0.927. The van der Waals surface area contributed by atoms with Crippen molar-refractivity contribution in [2.75, 3.05) is 59.4 Å². The molecule has 2 fully saturated rings. The van der Waals surface area contributed by atoms with Crippen molar-refractivity contribution in [3.63, 3.8) is 0 Å². The Balaban J connectivity index is 1.98. The molecule has 0 aromatic rings. The summed E-state index contributed by atoms with van der Waals surface area (Å²) in [7, 11) is 2.05. The lowest BCUT2D eigenvalue weighted by molar-refractivity contribution is -0.128. The van der Waals surface area contributed by atoms with Gasteiger partial charge < -0.3 is 20.0 Å². The highest BCUT2D eigenvalue weighted by Crippen LogP contribution is 2.07. The minimum Gasteiger partial charge on any atom is -0.374 e. The van der Waals surface area contributed by atoms with Gasteiger partial charge in [-0.2, -0.15) is 5.26 Å². The second kappa shape index (κ2) is 6.55. The van der Waals surface area contributed by atoms with Crippen LogP contribution in [-0.2, 0) is 4.79 Å². The smallest absolute Gasteiger partial charge is 0.266 e. The Morgan fingerprint density at radius 3 is 2.37 bits per heavy atom. The Morgan fingerprint density at radius 1 is 1.16 bits per heavy atom. The van der Waals surface area contributed by atoms with E-state index in [0.717, 1.165) is 39.3 Å². The van der Waals surface area contributed by atoms with Crippen molar-refractivity contribution in [3.05, 3.63) is 11.8 Å². The van der Waals surface area contributed by atoms with Gasteiger partial charge >= 0.3 is 0 Å². The summed E-state index contributed by atoms with van der Waals surface area (Å²) in [4.78, 5) is 18.3. The first-order valence-corrected chi connectivity index (χ1v) is 6.75. The first-order valence-electron chi connectivity index (χ1n) is 6.75. The van der Waals surface area contributed by atoms with Crippen LogP contribution in [0.3, 0.4) is 0 Å². The van der Waals surface area contributed by atoms with Crippen LogP contribution in [0.5, 0.6) is 0 Å². The maximum absolute atomic E-state index is 12.3. The van der Waals surface area contributed by atoms with Crippen LogP contribution in [0.25, 0.3) is 0 Å². The number of rotatable bonds is 2. The molecule has 0 aromatic heterocycles. The lowest BCUT2D eigenvalue weighted by Gasteiger charge is -2.32. The minimum absolute atomic E-state index is 0.130. The van der Waals surface area contributed by atoms with Crippen molar-refractivity contribution in [1.29, 1.82) is 5.26 Å². The molecular weight excluding hydrogens is 242 g/mol. The lowest BCUT2D eigenvalue weighted by Crippen LogP contribution is -2.48. The van der Waals surface area contributed by atoms with E-state index in [4.69, 9.17) is 0 Å². The molecule has 2 aliphatic heterocycles. The molecule has 104 valence electrons. The van der Waals surface area contributed by atoms with Crippen molar-refractivity contribution in [2.45, 2.75) is 0 Å². The highest BCUT2D eigenvalue weighted by atomic mass is 16.2. The molecule has 0 radical (unpaired) electrons. The maximum atomic E-state index is 12.3. The number of nitriles is 1. The van der Waals surface area contributed by atoms with Crippen LogP contribution in [0.2, 0.25) is 0 Å². The van der Waals surface area contributed by atoms with E-state index in [0.29, 0.717) is 13.1 Å². The van der Waals surface area contributed by atoms with E-state index in [2.05, 4.69) is 16.3 Å². The van der Waals surface area contributed by atoms with Crippen LogP contribution in [0.4, 0.5) is 0 Å². The average Bonchev–Trinajstić information content (AvgIpc) is 2.46. The van der Waals surface area contributed by atoms with Crippen molar-refractivity contribution < 1.29 is 4.79 Å². The zero-order chi connectivity index (χ0) is 13.7. The molecule has 2 saturated heterocycles. The van der Waals surface area contributed by atoms with E-state index in [1.165, 1.54) is 0 Å². The fourth-order valence-corrected chi connectivity index (χ4v) is 2.31. The number of carbonyl (C=O) groups excluding carboxylic acids is 1. The van der Waals surface area contributed by atoms with Crippen LogP contribution in [-0.4, -0.2) is 80.0 Å². The molecule has 6 heteroatoms. The molecule has 19 heavy (non-hydrogen) atoms. The molecule has 0 bridgehead atoms. The van der Waals surface area contributed by atoms with Crippen LogP contribution in [0.15, 0.2) is 11.8 Å². The summed E-state index contributed by atoms with van der Waals surface area (Å²) in [6.07, 6.45) is 1.72. The molecule has 2 aliphatic rings. The van der Waals surface area contributed by atoms with Crippen LogP contribution in [0.1, 0.15) is 0 Å². The molecule has 1 N–H and O–H groups in total. The standard InChI is InChI=1S/C13H21N5O/c1-16-6-8-18(9-7-16)13(19)12(10-14)11-17-4-2-15-3-5-17/h11,15H,2-9H2,1H3/b12-11-. The molecule has 0 saturated carbocycles. The number of nitrogens with zero attached hydrogens (tertiary/aromatic N) is 4. The fraction of sp³-hybridized carbons (Fsp3) is 0.692. The molecule has 0 aliphatic carbocycles. The number of piperazine rings is 2. The number of carbonyl (C=O) groups is 1. The SMILES string of the molecule is CN1CCN(C(=O)/C(C#N)=C\N2CCNCC2)CC1. The molecule has 0 atom stereocenters. The Bertz CT molecular complexity index is 386. The van der Waals surface area contributed by atoms with E-state index in [9.17, 15) is 10.1 Å². The summed E-state index contributed by atoms with van der Waals surface area (Å²) >= 11 is 0. The first kappa shape index (κ1) is 13.8. The van der Waals surface area contributed by atoms with Crippen molar-refractivity contribution in [2.24, 2.45) is 0 Å². The number of likely N-dealkylation sites (N-methyl/N-ethyl adjacent to an activating group) is 1. The number of amides is 1. The number of hydrogen-bond donors (Lipinski definition) is 1. The van der Waals surface area contributed by atoms with Gasteiger partial charge in [-0.3, -0.25) is 4.79 Å². The summed E-state index contributed by atoms with van der Waals surface area (Å²) in [6, 6.07) is 2.05. The van der Waals surface area contributed by atoms with Gasteiger partial charge in [0.1, 0.15) is 11.6 Å². The summed E-state index contributed by atoms with van der Waals surface area (Å²) < 4.78 is 0. The Kier molecular flexibility index (Phi) is 4.77. The van der Waals surface area contributed by atoms with Crippen molar-refractivity contribution in [3.8, 4) is 6.07 Å². The van der Waals surface area contributed by atoms with Gasteiger partial charge in [-0.15, -0.1) is 0 Å². The van der Waals surface area contributed by atoms with E-state index < -0.39 is 0 Å². The van der Waals surface area contributed by atoms with Gasteiger partial charge in [0.15, 0.2) is 0 Å². The summed E-state index contributed by atoms with van der Waals surface area (Å²) in [5, 5.41) is 12.4. The van der Waals surface area contributed by atoms with Gasteiger partial charge in [0.25, 0.3) is 5.91 Å². The molecule has 0 spiro atoms. The molecule has 6 nitrogen and oxygen atoms in total. The second-order valence-electron chi connectivity index (χ2n) is 5.04. The Hall–Kier alpha value is -1.58. The van der Waals surface area contributed by atoms with E-state index in [1.54, 1.807) is 11.1 Å². The third kappa shape index (κ3) is 3.69. The van der Waals surface area contributed by atoms with Crippen molar-refractivity contribution >= 4 is 5.91 Å². The van der Waals surface area contributed by atoms with Crippen LogP contribution >= 0.6 is 0 Å². The van der Waals surface area contributed by atoms with Gasteiger partial charge in [0, 0.05) is 58.6 Å². The minimum atomic E-state index is -0.130. The maximum Gasteiger partial charge on any atom is 0.266 e. The Morgan fingerprint density at radius 2 is 1.79 bits per heavy atom. The molecule has 2 rings (SSSR count). The van der Waals surface area contributed by atoms with Crippen LogP contribution < -0.4 is 5.32 Å². The number of nitrogens with one attached hydrogen (secondary N) is 1. The third-order valence-electron chi connectivity index (χ3n) is 3.60. The third-order valence-corrected chi connectivity index (χ3v) is 3.60. The highest BCUT2D eigenvalue weighted by Gasteiger charge is 2.22. The van der Waals surface area contributed by atoms with E-state index in [1.807, 2.05) is 11.9 Å². The second-order valence-corrected chi connectivity index (χ2v) is 5.04. The van der Waals surface area contributed by atoms with Gasteiger partial charge in [-0.25, -0.2) is 0 Å². The largest absolute Gasteiger partial charge is 0.374 e. The van der Waals surface area contributed by atoms with Gasteiger partial charge in [0.05, 0.1) is 0 Å². The molecular formula is C13H21N5O. The molecule has 1 amide bonds. The average molecular weight is 263 g/mol. The van der Waals surface area contributed by atoms with Gasteiger partial charge in [0.2, 0.25) is 0 Å². The zero-order valence-corrected chi connectivity index (χ0v) is 11.4. The zero-order valence-electron chi connectivity index (χ0n) is 11.4. The molecule has 0 aromatic carbocycles. The van der Waals surface area contributed by atoms with Gasteiger partial charge in [-0.1, -0.05) is 0 Å². The van der Waals surface area contributed by atoms with Gasteiger partial charge in [-0.05, 0) is 7.05 Å². The topological polar surface area (TPSA) is 62.6 Å². The highest BCUT2D eigenvalue weighted by molar-refractivity contribution is 5.97. The lowest BCUT2D eigenvalue weighted by atomic mass is 10.2.